The van der Waals surface area contributed by atoms with Gasteiger partial charge in [0.2, 0.25) is 5.91 Å². The van der Waals surface area contributed by atoms with E-state index in [4.69, 9.17) is 10.5 Å². The number of nitrogens with one attached hydrogen (secondary N) is 1. The van der Waals surface area contributed by atoms with Crippen molar-refractivity contribution >= 4 is 16.7 Å². The molecular weight excluding hydrogens is 326 g/mol. The zero-order valence-corrected chi connectivity index (χ0v) is 15.1. The van der Waals surface area contributed by atoms with E-state index in [0.717, 1.165) is 37.9 Å². The van der Waals surface area contributed by atoms with Crippen LogP contribution in [-0.4, -0.2) is 42.2 Å². The van der Waals surface area contributed by atoms with Crippen molar-refractivity contribution in [3.8, 4) is 5.75 Å². The van der Waals surface area contributed by atoms with Gasteiger partial charge in [0, 0.05) is 0 Å². The molecule has 2 aliphatic rings. The van der Waals surface area contributed by atoms with Gasteiger partial charge in [-0.2, -0.15) is 0 Å². The van der Waals surface area contributed by atoms with Crippen LogP contribution >= 0.6 is 0 Å². The highest BCUT2D eigenvalue weighted by Crippen LogP contribution is 2.30. The SMILES string of the molecule is NCCCC[C@@H]1NC2CC[C@H](COc3ccc4ccccc4c3)N2C1=O. The molecule has 5 nitrogen and oxygen atoms in total. The first kappa shape index (κ1) is 17.3. The molecule has 0 aromatic heterocycles. The summed E-state index contributed by atoms with van der Waals surface area (Å²) in [6.07, 6.45) is 5.03. The number of amides is 1. The Morgan fingerprint density at radius 3 is 2.81 bits per heavy atom. The van der Waals surface area contributed by atoms with Crippen molar-refractivity contribution in [3.63, 3.8) is 0 Å². The van der Waals surface area contributed by atoms with E-state index < -0.39 is 0 Å². The Labute approximate surface area is 154 Å². The van der Waals surface area contributed by atoms with Gasteiger partial charge >= 0.3 is 0 Å². The number of ether oxygens (including phenoxy) is 1. The fourth-order valence-electron chi connectivity index (χ4n) is 4.18. The molecule has 2 aromatic carbocycles. The molecule has 0 spiro atoms. The summed E-state index contributed by atoms with van der Waals surface area (Å²) in [5, 5.41) is 5.88. The predicted molar refractivity (Wildman–Crippen MR) is 103 cm³/mol. The van der Waals surface area contributed by atoms with E-state index >= 15 is 0 Å². The maximum absolute atomic E-state index is 12.8. The van der Waals surface area contributed by atoms with Crippen LogP contribution in [0.2, 0.25) is 0 Å². The van der Waals surface area contributed by atoms with Crippen molar-refractivity contribution in [2.45, 2.75) is 50.4 Å². The Morgan fingerprint density at radius 1 is 1.12 bits per heavy atom. The van der Waals surface area contributed by atoms with Crippen LogP contribution in [0.1, 0.15) is 32.1 Å². The van der Waals surface area contributed by atoms with Crippen LogP contribution in [0.3, 0.4) is 0 Å². The molecule has 2 fully saturated rings. The van der Waals surface area contributed by atoms with Crippen LogP contribution in [0.4, 0.5) is 0 Å². The molecule has 4 rings (SSSR count). The molecular formula is C21H27N3O2. The number of hydrogen-bond acceptors (Lipinski definition) is 4. The fraction of sp³-hybridized carbons (Fsp3) is 0.476. The number of carbonyl (C=O) groups excluding carboxylic acids is 1. The third-order valence-electron chi connectivity index (χ3n) is 5.56. The summed E-state index contributed by atoms with van der Waals surface area (Å²) in [5.74, 6) is 1.10. The quantitative estimate of drug-likeness (QED) is 0.751. The van der Waals surface area contributed by atoms with E-state index in [1.807, 2.05) is 23.1 Å². The minimum absolute atomic E-state index is 0.0463. The van der Waals surface area contributed by atoms with Gasteiger partial charge in [-0.05, 0) is 55.1 Å². The van der Waals surface area contributed by atoms with Gasteiger partial charge in [-0.3, -0.25) is 10.1 Å². The van der Waals surface area contributed by atoms with E-state index in [1.54, 1.807) is 0 Å². The number of hydrogen-bond donors (Lipinski definition) is 2. The predicted octanol–water partition coefficient (Wildman–Crippen LogP) is 2.64. The third-order valence-corrected chi connectivity index (χ3v) is 5.56. The van der Waals surface area contributed by atoms with E-state index in [-0.39, 0.29) is 24.2 Å². The molecule has 138 valence electrons. The number of rotatable bonds is 7. The highest BCUT2D eigenvalue weighted by Gasteiger charge is 2.46. The van der Waals surface area contributed by atoms with Crippen LogP contribution in [0.15, 0.2) is 42.5 Å². The fourth-order valence-corrected chi connectivity index (χ4v) is 4.18. The van der Waals surface area contributed by atoms with Crippen molar-refractivity contribution in [2.24, 2.45) is 5.73 Å². The number of carbonyl (C=O) groups is 1. The maximum atomic E-state index is 12.8. The number of nitrogens with two attached hydrogens (primary N) is 1. The number of fused-ring (bicyclic) bond motifs is 2. The van der Waals surface area contributed by atoms with Crippen molar-refractivity contribution in [1.82, 2.24) is 10.2 Å². The molecule has 26 heavy (non-hydrogen) atoms. The molecule has 2 aromatic rings. The van der Waals surface area contributed by atoms with Gasteiger partial charge in [-0.1, -0.05) is 36.8 Å². The summed E-state index contributed by atoms with van der Waals surface area (Å²) in [7, 11) is 0. The lowest BCUT2D eigenvalue weighted by Gasteiger charge is -2.24. The smallest absolute Gasteiger partial charge is 0.241 e. The summed E-state index contributed by atoms with van der Waals surface area (Å²) in [4.78, 5) is 14.8. The molecule has 2 saturated heterocycles. The van der Waals surface area contributed by atoms with Crippen molar-refractivity contribution < 1.29 is 9.53 Å². The number of nitrogens with zero attached hydrogens (tertiary/aromatic N) is 1. The lowest BCUT2D eigenvalue weighted by atomic mass is 10.1. The lowest BCUT2D eigenvalue weighted by molar-refractivity contribution is -0.131. The Balaban J connectivity index is 1.37. The Morgan fingerprint density at radius 2 is 1.96 bits per heavy atom. The highest BCUT2D eigenvalue weighted by molar-refractivity contribution is 5.85. The highest BCUT2D eigenvalue weighted by atomic mass is 16.5. The van der Waals surface area contributed by atoms with Crippen LogP contribution in [-0.2, 0) is 4.79 Å². The molecule has 0 radical (unpaired) electrons. The van der Waals surface area contributed by atoms with E-state index in [2.05, 4.69) is 29.6 Å². The molecule has 1 amide bonds. The largest absolute Gasteiger partial charge is 0.491 e. The van der Waals surface area contributed by atoms with Crippen molar-refractivity contribution in [3.05, 3.63) is 42.5 Å². The second-order valence-electron chi connectivity index (χ2n) is 7.32. The molecule has 5 heteroatoms. The van der Waals surface area contributed by atoms with Crippen LogP contribution in [0.5, 0.6) is 5.75 Å². The van der Waals surface area contributed by atoms with E-state index in [0.29, 0.717) is 13.2 Å². The number of unbranched alkanes of at least 4 members (excludes halogenated alkanes) is 1. The van der Waals surface area contributed by atoms with Gasteiger partial charge in [0.25, 0.3) is 0 Å². The standard InChI is InChI=1S/C21H27N3O2/c22-12-4-3-7-19-21(25)24-17(9-11-20(24)23-19)14-26-18-10-8-15-5-1-2-6-16(15)13-18/h1-2,5-6,8,10,13,17,19-20,23H,3-4,7,9,11-12,14,22H2/t17-,19+,20?/m1/s1. The van der Waals surface area contributed by atoms with E-state index in [1.165, 1.54) is 10.8 Å². The van der Waals surface area contributed by atoms with Crippen LogP contribution in [0.25, 0.3) is 10.8 Å². The molecule has 3 atom stereocenters. The normalized spacial score (nSPS) is 25.0. The second kappa shape index (κ2) is 7.64. The van der Waals surface area contributed by atoms with Gasteiger partial charge in [0.1, 0.15) is 12.4 Å². The number of benzene rings is 2. The summed E-state index contributed by atoms with van der Waals surface area (Å²) in [6, 6.07) is 14.5. The summed E-state index contributed by atoms with van der Waals surface area (Å²) < 4.78 is 6.05. The average molecular weight is 353 g/mol. The van der Waals surface area contributed by atoms with Gasteiger partial charge in [0.05, 0.1) is 18.2 Å². The van der Waals surface area contributed by atoms with E-state index in [9.17, 15) is 4.79 Å². The molecule has 2 heterocycles. The first-order chi connectivity index (χ1) is 12.8. The Kier molecular flexibility index (Phi) is 5.09. The van der Waals surface area contributed by atoms with Gasteiger partial charge < -0.3 is 15.4 Å². The van der Waals surface area contributed by atoms with Gasteiger partial charge in [-0.25, -0.2) is 0 Å². The minimum atomic E-state index is -0.0463. The van der Waals surface area contributed by atoms with Crippen molar-refractivity contribution in [1.29, 1.82) is 0 Å². The van der Waals surface area contributed by atoms with Gasteiger partial charge in [-0.15, -0.1) is 0 Å². The zero-order chi connectivity index (χ0) is 17.9. The van der Waals surface area contributed by atoms with Crippen molar-refractivity contribution in [2.75, 3.05) is 13.2 Å². The molecule has 0 bridgehead atoms. The average Bonchev–Trinajstić information content (AvgIpc) is 3.20. The Hall–Kier alpha value is -2.11. The van der Waals surface area contributed by atoms with Crippen LogP contribution in [0, 0.1) is 0 Å². The second-order valence-corrected chi connectivity index (χ2v) is 7.32. The molecule has 3 N–H and O–H groups in total. The third kappa shape index (κ3) is 3.41. The Bertz CT molecular complexity index is 779. The molecule has 0 saturated carbocycles. The van der Waals surface area contributed by atoms with Crippen LogP contribution < -0.4 is 15.8 Å². The molecule has 0 aliphatic carbocycles. The maximum Gasteiger partial charge on any atom is 0.241 e. The lowest BCUT2D eigenvalue weighted by Crippen LogP contribution is -2.40. The monoisotopic (exact) mass is 353 g/mol. The first-order valence-electron chi connectivity index (χ1n) is 9.66. The topological polar surface area (TPSA) is 67.6 Å². The minimum Gasteiger partial charge on any atom is -0.491 e. The summed E-state index contributed by atoms with van der Waals surface area (Å²) in [6.45, 7) is 1.24. The zero-order valence-electron chi connectivity index (χ0n) is 15.1. The molecule has 1 unspecified atom stereocenters. The molecule has 2 aliphatic heterocycles. The summed E-state index contributed by atoms with van der Waals surface area (Å²) >= 11 is 0. The van der Waals surface area contributed by atoms with Gasteiger partial charge in [0.15, 0.2) is 0 Å². The first-order valence-corrected chi connectivity index (χ1v) is 9.66. The summed E-state index contributed by atoms with van der Waals surface area (Å²) in [5.41, 5.74) is 5.56.